The molecule has 0 fully saturated rings. The Bertz CT molecular complexity index is 269. The van der Waals surface area contributed by atoms with Crippen LogP contribution in [0.1, 0.15) is 32.4 Å². The van der Waals surface area contributed by atoms with E-state index in [4.69, 9.17) is 4.74 Å². The van der Waals surface area contributed by atoms with Gasteiger partial charge < -0.3 is 9.84 Å². The first-order chi connectivity index (χ1) is 6.11. The molecule has 1 unspecified atom stereocenters. The molecule has 1 aromatic carbocycles. The fraction of sp³-hybridized carbons (Fsp3) is 0.455. The maximum absolute atomic E-state index is 9.51. The highest BCUT2D eigenvalue weighted by molar-refractivity contribution is 5.33. The molecule has 0 aliphatic rings. The van der Waals surface area contributed by atoms with E-state index in [9.17, 15) is 5.11 Å². The van der Waals surface area contributed by atoms with Crippen LogP contribution in [-0.2, 0) is 4.74 Å². The van der Waals surface area contributed by atoms with Crippen LogP contribution in [-0.4, -0.2) is 11.2 Å². The second kappa shape index (κ2) is 4.28. The lowest BCUT2D eigenvalue weighted by Crippen LogP contribution is -2.07. The number of para-hydroxylation sites is 1. The van der Waals surface area contributed by atoms with E-state index in [2.05, 4.69) is 0 Å². The minimum Gasteiger partial charge on any atom is -0.508 e. The molecule has 2 heteroatoms. The zero-order chi connectivity index (χ0) is 9.84. The van der Waals surface area contributed by atoms with Gasteiger partial charge in [0.2, 0.25) is 0 Å². The fourth-order valence-corrected chi connectivity index (χ4v) is 1.31. The summed E-state index contributed by atoms with van der Waals surface area (Å²) >= 11 is 0. The summed E-state index contributed by atoms with van der Waals surface area (Å²) in [5.41, 5.74) is 0.844. The molecule has 72 valence electrons. The maximum atomic E-state index is 9.51. The Hall–Kier alpha value is -1.02. The SMILES string of the molecule is CC(C)OC(C)c1ccccc1O. The van der Waals surface area contributed by atoms with Crippen LogP contribution in [0.2, 0.25) is 0 Å². The first-order valence-corrected chi connectivity index (χ1v) is 4.54. The van der Waals surface area contributed by atoms with Crippen molar-refractivity contribution < 1.29 is 9.84 Å². The third-order valence-corrected chi connectivity index (χ3v) is 1.85. The summed E-state index contributed by atoms with van der Waals surface area (Å²) in [6.45, 7) is 5.90. The molecule has 0 saturated heterocycles. The summed E-state index contributed by atoms with van der Waals surface area (Å²) in [5, 5.41) is 9.51. The van der Waals surface area contributed by atoms with E-state index >= 15 is 0 Å². The Labute approximate surface area is 79.2 Å². The van der Waals surface area contributed by atoms with Gasteiger partial charge in [0.05, 0.1) is 12.2 Å². The summed E-state index contributed by atoms with van der Waals surface area (Å²) in [6.07, 6.45) is 0.121. The highest BCUT2D eigenvalue weighted by Gasteiger charge is 2.10. The molecule has 0 saturated carbocycles. The number of hydrogen-bond donors (Lipinski definition) is 1. The number of rotatable bonds is 3. The Balaban J connectivity index is 2.76. The smallest absolute Gasteiger partial charge is 0.121 e. The van der Waals surface area contributed by atoms with Crippen LogP contribution >= 0.6 is 0 Å². The molecule has 0 spiro atoms. The first kappa shape index (κ1) is 10.1. The monoisotopic (exact) mass is 180 g/mol. The predicted molar refractivity (Wildman–Crippen MR) is 52.7 cm³/mol. The van der Waals surface area contributed by atoms with E-state index in [-0.39, 0.29) is 12.2 Å². The summed E-state index contributed by atoms with van der Waals surface area (Å²) in [5.74, 6) is 0.302. The Kier molecular flexibility index (Phi) is 3.32. The van der Waals surface area contributed by atoms with Gasteiger partial charge in [-0.05, 0) is 26.8 Å². The second-order valence-corrected chi connectivity index (χ2v) is 3.39. The van der Waals surface area contributed by atoms with Gasteiger partial charge in [0, 0.05) is 5.56 Å². The minimum absolute atomic E-state index is 0.0544. The number of aromatic hydroxyl groups is 1. The van der Waals surface area contributed by atoms with E-state index < -0.39 is 0 Å². The lowest BCUT2D eigenvalue weighted by molar-refractivity contribution is 0.0167. The molecule has 1 N–H and O–H groups in total. The third kappa shape index (κ3) is 2.74. The van der Waals surface area contributed by atoms with Crippen molar-refractivity contribution in [2.75, 3.05) is 0 Å². The van der Waals surface area contributed by atoms with Gasteiger partial charge in [-0.1, -0.05) is 18.2 Å². The molecule has 0 aliphatic heterocycles. The lowest BCUT2D eigenvalue weighted by atomic mass is 10.1. The molecular weight excluding hydrogens is 164 g/mol. The standard InChI is InChI=1S/C11H16O2/c1-8(2)13-9(3)10-6-4-5-7-11(10)12/h4-9,12H,1-3H3. The van der Waals surface area contributed by atoms with Gasteiger partial charge in [-0.25, -0.2) is 0 Å². The minimum atomic E-state index is -0.0544. The summed E-state index contributed by atoms with van der Waals surface area (Å²) in [4.78, 5) is 0. The fourth-order valence-electron chi connectivity index (χ4n) is 1.31. The van der Waals surface area contributed by atoms with Crippen LogP contribution in [0, 0.1) is 0 Å². The van der Waals surface area contributed by atoms with E-state index in [1.54, 1.807) is 12.1 Å². The summed E-state index contributed by atoms with van der Waals surface area (Å²) in [6, 6.07) is 7.26. The van der Waals surface area contributed by atoms with Gasteiger partial charge in [0.15, 0.2) is 0 Å². The van der Waals surface area contributed by atoms with Gasteiger partial charge in [-0.15, -0.1) is 0 Å². The van der Waals surface area contributed by atoms with Gasteiger partial charge in [-0.3, -0.25) is 0 Å². The molecule has 1 atom stereocenters. The number of phenolic OH excluding ortho intramolecular Hbond substituents is 1. The van der Waals surface area contributed by atoms with Crippen molar-refractivity contribution in [3.8, 4) is 5.75 Å². The zero-order valence-corrected chi connectivity index (χ0v) is 8.32. The third-order valence-electron chi connectivity index (χ3n) is 1.85. The highest BCUT2D eigenvalue weighted by atomic mass is 16.5. The molecule has 1 rings (SSSR count). The molecule has 0 radical (unpaired) electrons. The highest BCUT2D eigenvalue weighted by Crippen LogP contribution is 2.26. The quantitative estimate of drug-likeness (QED) is 0.775. The van der Waals surface area contributed by atoms with Crippen LogP contribution in [0.15, 0.2) is 24.3 Å². The van der Waals surface area contributed by atoms with Crippen LogP contribution in [0.4, 0.5) is 0 Å². The van der Waals surface area contributed by atoms with Gasteiger partial charge in [-0.2, -0.15) is 0 Å². The van der Waals surface area contributed by atoms with Crippen LogP contribution in [0.5, 0.6) is 5.75 Å². The molecule has 13 heavy (non-hydrogen) atoms. The number of phenols is 1. The van der Waals surface area contributed by atoms with E-state index in [1.165, 1.54) is 0 Å². The molecule has 0 heterocycles. The normalized spacial score (nSPS) is 13.2. The van der Waals surface area contributed by atoms with Crippen molar-refractivity contribution in [1.29, 1.82) is 0 Å². The van der Waals surface area contributed by atoms with E-state index in [1.807, 2.05) is 32.9 Å². The average Bonchev–Trinajstić information content (AvgIpc) is 2.03. The van der Waals surface area contributed by atoms with Gasteiger partial charge in [0.1, 0.15) is 5.75 Å². The van der Waals surface area contributed by atoms with Crippen LogP contribution in [0.3, 0.4) is 0 Å². The topological polar surface area (TPSA) is 29.5 Å². The first-order valence-electron chi connectivity index (χ1n) is 4.54. The van der Waals surface area contributed by atoms with Gasteiger partial charge >= 0.3 is 0 Å². The molecule has 0 bridgehead atoms. The molecule has 0 aliphatic carbocycles. The predicted octanol–water partition coefficient (Wildman–Crippen LogP) is 2.88. The zero-order valence-electron chi connectivity index (χ0n) is 8.32. The molecule has 1 aromatic rings. The number of benzene rings is 1. The number of ether oxygens (including phenoxy) is 1. The van der Waals surface area contributed by atoms with Crippen molar-refractivity contribution in [2.45, 2.75) is 33.0 Å². The van der Waals surface area contributed by atoms with Crippen molar-refractivity contribution in [3.63, 3.8) is 0 Å². The molecule has 0 amide bonds. The summed E-state index contributed by atoms with van der Waals surface area (Å²) in [7, 11) is 0. The van der Waals surface area contributed by atoms with Crippen molar-refractivity contribution in [1.82, 2.24) is 0 Å². The molecular formula is C11H16O2. The van der Waals surface area contributed by atoms with Crippen molar-refractivity contribution >= 4 is 0 Å². The Morgan fingerprint density at radius 2 is 1.77 bits per heavy atom. The van der Waals surface area contributed by atoms with Crippen molar-refractivity contribution in [2.24, 2.45) is 0 Å². The Morgan fingerprint density at radius 3 is 2.31 bits per heavy atom. The maximum Gasteiger partial charge on any atom is 0.121 e. The largest absolute Gasteiger partial charge is 0.508 e. The molecule has 2 nitrogen and oxygen atoms in total. The Morgan fingerprint density at radius 1 is 1.15 bits per heavy atom. The molecule has 0 aromatic heterocycles. The van der Waals surface area contributed by atoms with Gasteiger partial charge in [0.25, 0.3) is 0 Å². The average molecular weight is 180 g/mol. The van der Waals surface area contributed by atoms with Crippen molar-refractivity contribution in [3.05, 3.63) is 29.8 Å². The number of hydrogen-bond acceptors (Lipinski definition) is 2. The summed E-state index contributed by atoms with van der Waals surface area (Å²) < 4.78 is 5.56. The van der Waals surface area contributed by atoms with E-state index in [0.29, 0.717) is 5.75 Å². The van der Waals surface area contributed by atoms with Crippen LogP contribution in [0.25, 0.3) is 0 Å². The lowest BCUT2D eigenvalue weighted by Gasteiger charge is -2.17. The second-order valence-electron chi connectivity index (χ2n) is 3.39. The van der Waals surface area contributed by atoms with Crippen LogP contribution < -0.4 is 0 Å². The van der Waals surface area contributed by atoms with E-state index in [0.717, 1.165) is 5.56 Å².